The van der Waals surface area contributed by atoms with E-state index < -0.39 is 18.2 Å². The lowest BCUT2D eigenvalue weighted by Gasteiger charge is -2.13. The molecule has 0 bridgehead atoms. The van der Waals surface area contributed by atoms with Gasteiger partial charge in [-0.15, -0.1) is 23.7 Å². The summed E-state index contributed by atoms with van der Waals surface area (Å²) in [6, 6.07) is 0.738. The molecule has 0 aliphatic rings. The van der Waals surface area contributed by atoms with Gasteiger partial charge in [-0.3, -0.25) is 0 Å². The van der Waals surface area contributed by atoms with E-state index in [9.17, 15) is 9.18 Å². The van der Waals surface area contributed by atoms with E-state index in [4.69, 9.17) is 5.73 Å². The fraction of sp³-hybridized carbons (Fsp3) is 0.444. The van der Waals surface area contributed by atoms with E-state index in [-0.39, 0.29) is 19.0 Å². The molecule has 1 rings (SSSR count). The Morgan fingerprint density at radius 3 is 2.81 bits per heavy atom. The molecule has 92 valence electrons. The van der Waals surface area contributed by atoms with Crippen LogP contribution in [0, 0.1) is 0 Å². The number of carbonyl (C=O) groups excluding carboxylic acids is 1. The van der Waals surface area contributed by atoms with Gasteiger partial charge >= 0.3 is 5.97 Å². The van der Waals surface area contributed by atoms with Gasteiger partial charge in [0.15, 0.2) is 0 Å². The minimum absolute atomic E-state index is 0. The summed E-state index contributed by atoms with van der Waals surface area (Å²) in [4.78, 5) is 11.7. The molecule has 1 aromatic rings. The maximum absolute atomic E-state index is 13.5. The Balaban J connectivity index is 0.00000225. The van der Waals surface area contributed by atoms with Gasteiger partial charge in [-0.2, -0.15) is 0 Å². The molecule has 0 aliphatic heterocycles. The summed E-state index contributed by atoms with van der Waals surface area (Å²) in [5.41, 5.74) is 5.60. The van der Waals surface area contributed by atoms with Gasteiger partial charge in [-0.05, 0) is 28.9 Å². The number of thiophene rings is 1. The van der Waals surface area contributed by atoms with Crippen LogP contribution in [-0.2, 0) is 9.53 Å². The maximum Gasteiger partial charge on any atom is 0.342 e. The number of ether oxygens (including phenoxy) is 1. The summed E-state index contributed by atoms with van der Waals surface area (Å²) in [5.74, 6) is -0.908. The second kappa shape index (κ2) is 7.21. The molecule has 0 saturated heterocycles. The molecule has 3 nitrogen and oxygen atoms in total. The van der Waals surface area contributed by atoms with Gasteiger partial charge in [0, 0.05) is 14.7 Å². The van der Waals surface area contributed by atoms with Crippen molar-refractivity contribution in [3.63, 3.8) is 0 Å². The molecule has 0 spiro atoms. The van der Waals surface area contributed by atoms with Crippen LogP contribution in [0.15, 0.2) is 15.9 Å². The molecule has 0 saturated carbocycles. The molecule has 2 atom stereocenters. The van der Waals surface area contributed by atoms with E-state index in [1.807, 2.05) is 0 Å². The third kappa shape index (κ3) is 4.01. The van der Waals surface area contributed by atoms with Crippen LogP contribution in [0.1, 0.15) is 17.8 Å². The van der Waals surface area contributed by atoms with Gasteiger partial charge < -0.3 is 10.5 Å². The predicted molar refractivity (Wildman–Crippen MR) is 67.7 cm³/mol. The van der Waals surface area contributed by atoms with Crippen molar-refractivity contribution < 1.29 is 13.9 Å². The lowest BCUT2D eigenvalue weighted by Crippen LogP contribution is -2.30. The highest BCUT2D eigenvalue weighted by molar-refractivity contribution is 9.10. The third-order valence-corrected chi connectivity index (χ3v) is 3.54. The summed E-state index contributed by atoms with van der Waals surface area (Å²) in [5, 5.41) is 1.78. The fourth-order valence-corrected chi connectivity index (χ4v) is 2.48. The topological polar surface area (TPSA) is 52.3 Å². The van der Waals surface area contributed by atoms with Crippen LogP contribution in [0.4, 0.5) is 4.39 Å². The Hall–Kier alpha value is -0.170. The normalized spacial score (nSPS) is 13.8. The summed E-state index contributed by atoms with van der Waals surface area (Å²) >= 11 is 4.54. The van der Waals surface area contributed by atoms with Gasteiger partial charge in [-0.25, -0.2) is 9.18 Å². The van der Waals surface area contributed by atoms with Gasteiger partial charge in [0.2, 0.25) is 6.17 Å². The molecular formula is C9H12BrClFNO2S. The molecule has 1 heterocycles. The van der Waals surface area contributed by atoms with Crippen molar-refractivity contribution in [1.29, 1.82) is 0 Å². The Morgan fingerprint density at radius 1 is 1.75 bits per heavy atom. The predicted octanol–water partition coefficient (Wildman–Crippen LogP) is 2.83. The Morgan fingerprint density at radius 2 is 2.38 bits per heavy atom. The van der Waals surface area contributed by atoms with E-state index in [2.05, 4.69) is 20.7 Å². The Bertz CT molecular complexity index is 350. The van der Waals surface area contributed by atoms with Crippen LogP contribution in [0.25, 0.3) is 0 Å². The molecule has 0 aliphatic carbocycles. The molecule has 1 unspecified atom stereocenters. The molecule has 0 aromatic carbocycles. The zero-order valence-electron chi connectivity index (χ0n) is 8.48. The number of esters is 1. The fourth-order valence-electron chi connectivity index (χ4n) is 1.02. The van der Waals surface area contributed by atoms with E-state index in [0.717, 1.165) is 4.47 Å². The highest BCUT2D eigenvalue weighted by atomic mass is 79.9. The van der Waals surface area contributed by atoms with Crippen LogP contribution in [0.2, 0.25) is 0 Å². The average Bonchev–Trinajstić information content (AvgIpc) is 2.63. The Kier molecular flexibility index (Phi) is 7.14. The second-order valence-electron chi connectivity index (χ2n) is 2.85. The number of nitrogens with two attached hydrogens (primary N) is 1. The molecule has 16 heavy (non-hydrogen) atoms. The first-order valence-corrected chi connectivity index (χ1v) is 6.03. The summed E-state index contributed by atoms with van der Waals surface area (Å²) in [6.45, 7) is 1.78. The average molecular weight is 333 g/mol. The first-order chi connectivity index (χ1) is 7.06. The van der Waals surface area contributed by atoms with Crippen molar-refractivity contribution in [3.8, 4) is 0 Å². The lowest BCUT2D eigenvalue weighted by atomic mass is 10.1. The monoisotopic (exact) mass is 331 g/mol. The van der Waals surface area contributed by atoms with Gasteiger partial charge in [0.05, 0.1) is 12.6 Å². The lowest BCUT2D eigenvalue weighted by molar-refractivity contribution is -0.149. The van der Waals surface area contributed by atoms with Crippen LogP contribution >= 0.6 is 39.7 Å². The van der Waals surface area contributed by atoms with E-state index in [0.29, 0.717) is 4.88 Å². The Labute approximate surface area is 112 Å². The number of carbonyl (C=O) groups is 1. The first-order valence-electron chi connectivity index (χ1n) is 4.36. The minimum Gasteiger partial charge on any atom is -0.464 e. The van der Waals surface area contributed by atoms with E-state index in [1.165, 1.54) is 11.3 Å². The smallest absolute Gasteiger partial charge is 0.342 e. The first kappa shape index (κ1) is 15.8. The number of alkyl halides is 1. The maximum atomic E-state index is 13.5. The number of hydrogen-bond acceptors (Lipinski definition) is 4. The van der Waals surface area contributed by atoms with Crippen molar-refractivity contribution >= 4 is 45.6 Å². The van der Waals surface area contributed by atoms with Crippen molar-refractivity contribution in [2.45, 2.75) is 19.1 Å². The molecule has 1 aromatic heterocycles. The van der Waals surface area contributed by atoms with Crippen LogP contribution in [0.5, 0.6) is 0 Å². The quantitative estimate of drug-likeness (QED) is 0.863. The SMILES string of the molecule is CCOC(=O)C(F)[C@@H](N)c1cc(Br)cs1.Cl. The molecular weight excluding hydrogens is 321 g/mol. The number of hydrogen-bond donors (Lipinski definition) is 1. The zero-order valence-corrected chi connectivity index (χ0v) is 11.7. The van der Waals surface area contributed by atoms with Crippen molar-refractivity contribution in [2.24, 2.45) is 5.73 Å². The zero-order chi connectivity index (χ0) is 11.4. The number of halogens is 3. The molecule has 0 amide bonds. The van der Waals surface area contributed by atoms with Crippen molar-refractivity contribution in [2.75, 3.05) is 6.61 Å². The molecule has 0 radical (unpaired) electrons. The van der Waals surface area contributed by atoms with Gasteiger partial charge in [0.25, 0.3) is 0 Å². The summed E-state index contributed by atoms with van der Waals surface area (Å²) in [6.07, 6.45) is -1.81. The molecule has 7 heteroatoms. The van der Waals surface area contributed by atoms with E-state index in [1.54, 1.807) is 18.4 Å². The van der Waals surface area contributed by atoms with Crippen LogP contribution in [0.3, 0.4) is 0 Å². The highest BCUT2D eigenvalue weighted by Gasteiger charge is 2.28. The largest absolute Gasteiger partial charge is 0.464 e. The van der Waals surface area contributed by atoms with Gasteiger partial charge in [0.1, 0.15) is 0 Å². The number of rotatable bonds is 4. The molecule has 0 fully saturated rings. The third-order valence-electron chi connectivity index (χ3n) is 1.74. The standard InChI is InChI=1S/C9H11BrFNO2S.ClH/c1-2-14-9(13)7(11)8(12)6-3-5(10)4-15-6;/h3-4,7-8H,2,12H2,1H3;1H/t7?,8-;/m0./s1. The summed E-state index contributed by atoms with van der Waals surface area (Å²) in [7, 11) is 0. The van der Waals surface area contributed by atoms with Crippen LogP contribution < -0.4 is 5.73 Å². The molecule has 2 N–H and O–H groups in total. The highest BCUT2D eigenvalue weighted by Crippen LogP contribution is 2.27. The van der Waals surface area contributed by atoms with Gasteiger partial charge in [-0.1, -0.05) is 0 Å². The van der Waals surface area contributed by atoms with Crippen LogP contribution in [-0.4, -0.2) is 18.7 Å². The minimum atomic E-state index is -1.81. The summed E-state index contributed by atoms with van der Waals surface area (Å²) < 4.78 is 18.8. The van der Waals surface area contributed by atoms with Crippen molar-refractivity contribution in [1.82, 2.24) is 0 Å². The van der Waals surface area contributed by atoms with E-state index >= 15 is 0 Å². The second-order valence-corrected chi connectivity index (χ2v) is 4.71. The van der Waals surface area contributed by atoms with Crippen molar-refractivity contribution in [3.05, 3.63) is 20.8 Å².